The van der Waals surface area contributed by atoms with Crippen molar-refractivity contribution in [2.45, 2.75) is 19.3 Å². The van der Waals surface area contributed by atoms with Crippen LogP contribution in [0.4, 0.5) is 4.39 Å². The summed E-state index contributed by atoms with van der Waals surface area (Å²) in [5.74, 6) is 0.887. The molecule has 1 aromatic carbocycles. The third kappa shape index (κ3) is 2.73. The largest absolute Gasteiger partial charge is 0.492 e. The zero-order chi connectivity index (χ0) is 11.5. The van der Waals surface area contributed by atoms with Crippen molar-refractivity contribution in [1.29, 1.82) is 5.26 Å². The standard InChI is InChI=1S/C12H11BrFNO/c13-11-6-10(14)5-9(3-4-15)12(11)16-7-8-1-2-8/h5-6,8H,1-3,7H2. The second-order valence-corrected chi connectivity index (χ2v) is 4.82. The maximum absolute atomic E-state index is 13.1. The first-order valence-corrected chi connectivity index (χ1v) is 5.97. The van der Waals surface area contributed by atoms with Crippen LogP contribution in [-0.2, 0) is 6.42 Å². The molecule has 4 heteroatoms. The van der Waals surface area contributed by atoms with E-state index in [1.54, 1.807) is 0 Å². The molecule has 0 atom stereocenters. The van der Waals surface area contributed by atoms with Crippen molar-refractivity contribution >= 4 is 15.9 Å². The van der Waals surface area contributed by atoms with E-state index in [2.05, 4.69) is 15.9 Å². The van der Waals surface area contributed by atoms with E-state index >= 15 is 0 Å². The van der Waals surface area contributed by atoms with Crippen LogP contribution in [0.25, 0.3) is 0 Å². The highest BCUT2D eigenvalue weighted by Gasteiger charge is 2.23. The summed E-state index contributed by atoms with van der Waals surface area (Å²) in [6.45, 7) is 0.655. The first-order valence-electron chi connectivity index (χ1n) is 5.18. The summed E-state index contributed by atoms with van der Waals surface area (Å²) >= 11 is 3.26. The predicted octanol–water partition coefficient (Wildman–Crippen LogP) is 3.44. The van der Waals surface area contributed by atoms with Gasteiger partial charge in [-0.25, -0.2) is 4.39 Å². The molecular formula is C12H11BrFNO. The number of nitrogens with zero attached hydrogens (tertiary/aromatic N) is 1. The van der Waals surface area contributed by atoms with Gasteiger partial charge in [0.15, 0.2) is 0 Å². The summed E-state index contributed by atoms with van der Waals surface area (Å²) < 4.78 is 19.4. The molecule has 0 saturated heterocycles. The minimum absolute atomic E-state index is 0.163. The fourth-order valence-electron chi connectivity index (χ4n) is 1.48. The third-order valence-electron chi connectivity index (χ3n) is 2.52. The molecule has 2 nitrogen and oxygen atoms in total. The van der Waals surface area contributed by atoms with Crippen molar-refractivity contribution in [2.24, 2.45) is 5.92 Å². The van der Waals surface area contributed by atoms with Crippen molar-refractivity contribution in [1.82, 2.24) is 0 Å². The number of benzene rings is 1. The second-order valence-electron chi connectivity index (χ2n) is 3.97. The Morgan fingerprint density at radius 2 is 2.25 bits per heavy atom. The number of ether oxygens (including phenoxy) is 1. The van der Waals surface area contributed by atoms with Crippen LogP contribution >= 0.6 is 15.9 Å². The van der Waals surface area contributed by atoms with E-state index in [-0.39, 0.29) is 12.2 Å². The van der Waals surface area contributed by atoms with Gasteiger partial charge >= 0.3 is 0 Å². The Kier molecular flexibility index (Phi) is 3.45. The molecule has 1 aromatic rings. The predicted molar refractivity (Wildman–Crippen MR) is 61.6 cm³/mol. The molecule has 0 bridgehead atoms. The van der Waals surface area contributed by atoms with Gasteiger partial charge in [-0.3, -0.25) is 0 Å². The van der Waals surface area contributed by atoms with Gasteiger partial charge < -0.3 is 4.74 Å². The van der Waals surface area contributed by atoms with Crippen LogP contribution in [0.3, 0.4) is 0 Å². The van der Waals surface area contributed by atoms with Gasteiger partial charge in [0.25, 0.3) is 0 Å². The SMILES string of the molecule is N#CCc1cc(F)cc(Br)c1OCC1CC1. The van der Waals surface area contributed by atoms with Crippen LogP contribution in [0.15, 0.2) is 16.6 Å². The van der Waals surface area contributed by atoms with Crippen LogP contribution in [0.2, 0.25) is 0 Å². The Bertz CT molecular complexity index is 437. The maximum atomic E-state index is 13.1. The lowest BCUT2D eigenvalue weighted by Gasteiger charge is -2.11. The Morgan fingerprint density at radius 3 is 2.88 bits per heavy atom. The molecule has 0 unspecified atom stereocenters. The van der Waals surface area contributed by atoms with E-state index in [1.807, 2.05) is 6.07 Å². The van der Waals surface area contributed by atoms with Crippen LogP contribution in [-0.4, -0.2) is 6.61 Å². The Hall–Kier alpha value is -1.08. The van der Waals surface area contributed by atoms with Gasteiger partial charge in [0.05, 0.1) is 23.6 Å². The summed E-state index contributed by atoms with van der Waals surface area (Å²) in [6, 6.07) is 4.74. The van der Waals surface area contributed by atoms with Crippen molar-refractivity contribution in [3.8, 4) is 11.8 Å². The number of rotatable bonds is 4. The highest BCUT2D eigenvalue weighted by Crippen LogP contribution is 2.34. The normalized spacial score (nSPS) is 14.6. The van der Waals surface area contributed by atoms with Crippen molar-refractivity contribution in [3.05, 3.63) is 28.0 Å². The van der Waals surface area contributed by atoms with E-state index in [4.69, 9.17) is 10.00 Å². The van der Waals surface area contributed by atoms with E-state index in [9.17, 15) is 4.39 Å². The van der Waals surface area contributed by atoms with Crippen LogP contribution in [0, 0.1) is 23.1 Å². The summed E-state index contributed by atoms with van der Waals surface area (Å²) in [7, 11) is 0. The number of hydrogen-bond acceptors (Lipinski definition) is 2. The summed E-state index contributed by atoms with van der Waals surface area (Å²) in [5.41, 5.74) is 0.607. The smallest absolute Gasteiger partial charge is 0.137 e. The molecule has 84 valence electrons. The molecule has 0 aromatic heterocycles. The average Bonchev–Trinajstić information content (AvgIpc) is 3.00. The molecule has 2 rings (SSSR count). The molecule has 0 heterocycles. The highest BCUT2D eigenvalue weighted by molar-refractivity contribution is 9.10. The minimum atomic E-state index is -0.351. The summed E-state index contributed by atoms with van der Waals surface area (Å²) in [5, 5.41) is 8.67. The van der Waals surface area contributed by atoms with Crippen LogP contribution in [0.5, 0.6) is 5.75 Å². The lowest BCUT2D eigenvalue weighted by Crippen LogP contribution is -2.03. The number of hydrogen-bond donors (Lipinski definition) is 0. The highest BCUT2D eigenvalue weighted by atomic mass is 79.9. The van der Waals surface area contributed by atoms with Gasteiger partial charge in [0.2, 0.25) is 0 Å². The molecule has 1 aliphatic rings. The van der Waals surface area contributed by atoms with Gasteiger partial charge in [-0.2, -0.15) is 5.26 Å². The molecule has 0 N–H and O–H groups in total. The van der Waals surface area contributed by atoms with Gasteiger partial charge in [0, 0.05) is 5.56 Å². The molecule has 0 radical (unpaired) electrons. The third-order valence-corrected chi connectivity index (χ3v) is 3.10. The van der Waals surface area contributed by atoms with Crippen LogP contribution in [0.1, 0.15) is 18.4 Å². The topological polar surface area (TPSA) is 33.0 Å². The molecule has 1 aliphatic carbocycles. The Morgan fingerprint density at radius 1 is 1.50 bits per heavy atom. The first kappa shape index (κ1) is 11.4. The zero-order valence-corrected chi connectivity index (χ0v) is 10.3. The molecule has 1 saturated carbocycles. The molecular weight excluding hydrogens is 273 g/mol. The zero-order valence-electron chi connectivity index (χ0n) is 8.67. The quantitative estimate of drug-likeness (QED) is 0.848. The average molecular weight is 284 g/mol. The van der Waals surface area contributed by atoms with Gasteiger partial charge in [-0.15, -0.1) is 0 Å². The number of nitriles is 1. The van der Waals surface area contributed by atoms with Crippen molar-refractivity contribution in [3.63, 3.8) is 0 Å². The maximum Gasteiger partial charge on any atom is 0.137 e. The Balaban J connectivity index is 2.21. The molecule has 1 fully saturated rings. The van der Waals surface area contributed by atoms with E-state index in [0.29, 0.717) is 28.3 Å². The fourth-order valence-corrected chi connectivity index (χ4v) is 2.07. The van der Waals surface area contributed by atoms with Crippen LogP contribution < -0.4 is 4.74 Å². The first-order chi connectivity index (χ1) is 7.70. The Labute approximate surface area is 102 Å². The van der Waals surface area contributed by atoms with Gasteiger partial charge in [-0.1, -0.05) is 0 Å². The fraction of sp³-hybridized carbons (Fsp3) is 0.417. The molecule has 0 amide bonds. The van der Waals surface area contributed by atoms with E-state index in [1.165, 1.54) is 25.0 Å². The van der Waals surface area contributed by atoms with E-state index < -0.39 is 0 Å². The summed E-state index contributed by atoms with van der Waals surface area (Å²) in [6.07, 6.45) is 2.56. The molecule has 16 heavy (non-hydrogen) atoms. The lowest BCUT2D eigenvalue weighted by atomic mass is 10.1. The molecule has 0 aliphatic heterocycles. The second kappa shape index (κ2) is 4.84. The minimum Gasteiger partial charge on any atom is -0.492 e. The molecule has 0 spiro atoms. The van der Waals surface area contributed by atoms with Crippen molar-refractivity contribution in [2.75, 3.05) is 6.61 Å². The van der Waals surface area contributed by atoms with Crippen molar-refractivity contribution < 1.29 is 9.13 Å². The lowest BCUT2D eigenvalue weighted by molar-refractivity contribution is 0.295. The monoisotopic (exact) mass is 283 g/mol. The van der Waals surface area contributed by atoms with Gasteiger partial charge in [0.1, 0.15) is 11.6 Å². The van der Waals surface area contributed by atoms with Gasteiger partial charge in [-0.05, 0) is 46.8 Å². The number of halogens is 2. The summed E-state index contributed by atoms with van der Waals surface area (Å²) in [4.78, 5) is 0. The van der Waals surface area contributed by atoms with E-state index in [0.717, 1.165) is 0 Å².